The van der Waals surface area contributed by atoms with Gasteiger partial charge in [0.2, 0.25) is 0 Å². The van der Waals surface area contributed by atoms with Gasteiger partial charge in [-0.15, -0.1) is 0 Å². The Balaban J connectivity index is 3.82. The first-order valence-electron chi connectivity index (χ1n) is 5.47. The molecule has 0 aromatic rings. The number of nitriles is 1. The van der Waals surface area contributed by atoms with Gasteiger partial charge in [-0.25, -0.2) is 0 Å². The van der Waals surface area contributed by atoms with Crippen LogP contribution in [0.3, 0.4) is 0 Å². The molecule has 4 nitrogen and oxygen atoms in total. The molecule has 1 unspecified atom stereocenters. The summed E-state index contributed by atoms with van der Waals surface area (Å²) >= 11 is 0. The van der Waals surface area contributed by atoms with E-state index in [0.29, 0.717) is 12.3 Å². The predicted molar refractivity (Wildman–Crippen MR) is 61.6 cm³/mol. The lowest BCUT2D eigenvalue weighted by Gasteiger charge is -2.24. The second kappa shape index (κ2) is 9.91. The van der Waals surface area contributed by atoms with E-state index in [1.807, 2.05) is 7.05 Å². The van der Waals surface area contributed by atoms with Crippen LogP contribution in [0.4, 0.5) is 0 Å². The van der Waals surface area contributed by atoms with Gasteiger partial charge in [0.1, 0.15) is 0 Å². The van der Waals surface area contributed by atoms with E-state index in [1.165, 1.54) is 0 Å². The maximum Gasteiger partial charge on any atom is 0.0635 e. The molecular formula is C11H23N3O. The zero-order valence-corrected chi connectivity index (χ0v) is 10.1. The van der Waals surface area contributed by atoms with Gasteiger partial charge in [-0.3, -0.25) is 4.90 Å². The predicted octanol–water partition coefficient (Wildman–Crippen LogP) is 0.704. The molecule has 0 bridgehead atoms. The Bertz CT molecular complexity index is 179. The summed E-state index contributed by atoms with van der Waals surface area (Å²) in [6.07, 6.45) is 0.593. The van der Waals surface area contributed by atoms with Crippen LogP contribution in [-0.4, -0.2) is 51.8 Å². The van der Waals surface area contributed by atoms with Gasteiger partial charge in [-0.2, -0.15) is 5.26 Å². The molecule has 1 N–H and O–H groups in total. The second-order valence-corrected chi connectivity index (χ2v) is 3.86. The molecule has 88 valence electrons. The quantitative estimate of drug-likeness (QED) is 0.612. The van der Waals surface area contributed by atoms with Crippen molar-refractivity contribution in [2.75, 3.05) is 46.9 Å². The molecule has 0 aliphatic rings. The molecule has 0 amide bonds. The number of ether oxygens (including phenoxy) is 1. The van der Waals surface area contributed by atoms with Crippen molar-refractivity contribution in [3.8, 4) is 6.07 Å². The fourth-order valence-corrected chi connectivity index (χ4v) is 1.58. The van der Waals surface area contributed by atoms with E-state index in [4.69, 9.17) is 10.00 Å². The topological polar surface area (TPSA) is 48.3 Å². The molecule has 0 saturated heterocycles. The van der Waals surface area contributed by atoms with Gasteiger partial charge in [0.05, 0.1) is 12.7 Å². The third-order valence-electron chi connectivity index (χ3n) is 2.27. The normalized spacial score (nSPS) is 12.7. The van der Waals surface area contributed by atoms with E-state index in [9.17, 15) is 0 Å². The molecule has 4 heteroatoms. The minimum absolute atomic E-state index is 0.593. The zero-order chi connectivity index (χ0) is 11.5. The average molecular weight is 213 g/mol. The van der Waals surface area contributed by atoms with Crippen molar-refractivity contribution in [1.82, 2.24) is 10.2 Å². The minimum atomic E-state index is 0.593. The van der Waals surface area contributed by atoms with Crippen LogP contribution in [0.2, 0.25) is 0 Å². The number of methoxy groups -OCH3 is 1. The van der Waals surface area contributed by atoms with Crippen molar-refractivity contribution in [2.24, 2.45) is 5.92 Å². The van der Waals surface area contributed by atoms with Gasteiger partial charge in [0, 0.05) is 33.2 Å². The first-order chi connectivity index (χ1) is 7.24. The Morgan fingerprint density at radius 3 is 2.73 bits per heavy atom. The molecule has 0 radical (unpaired) electrons. The van der Waals surface area contributed by atoms with Gasteiger partial charge < -0.3 is 10.1 Å². The summed E-state index contributed by atoms with van der Waals surface area (Å²) in [6.45, 7) is 6.72. The smallest absolute Gasteiger partial charge is 0.0635 e. The first-order valence-corrected chi connectivity index (χ1v) is 5.47. The standard InChI is InChI=1S/C11H23N3O/c1-11(9-13-2)10-14(6-4-5-12)7-8-15-3/h11,13H,4,6-10H2,1-3H3. The van der Waals surface area contributed by atoms with Crippen LogP contribution in [-0.2, 0) is 4.74 Å². The zero-order valence-electron chi connectivity index (χ0n) is 10.1. The van der Waals surface area contributed by atoms with Crippen LogP contribution in [0.5, 0.6) is 0 Å². The van der Waals surface area contributed by atoms with E-state index in [0.717, 1.165) is 32.8 Å². The number of hydrogen-bond acceptors (Lipinski definition) is 4. The summed E-state index contributed by atoms with van der Waals surface area (Å²) in [6, 6.07) is 2.18. The Morgan fingerprint density at radius 1 is 1.47 bits per heavy atom. The molecule has 0 spiro atoms. The molecule has 1 atom stereocenters. The first kappa shape index (κ1) is 14.4. The highest BCUT2D eigenvalue weighted by atomic mass is 16.5. The highest BCUT2D eigenvalue weighted by molar-refractivity contribution is 4.73. The van der Waals surface area contributed by atoms with Gasteiger partial charge >= 0.3 is 0 Å². The van der Waals surface area contributed by atoms with Crippen molar-refractivity contribution in [2.45, 2.75) is 13.3 Å². The highest BCUT2D eigenvalue weighted by Gasteiger charge is 2.08. The van der Waals surface area contributed by atoms with Crippen molar-refractivity contribution in [3.63, 3.8) is 0 Å². The van der Waals surface area contributed by atoms with Crippen LogP contribution in [0.1, 0.15) is 13.3 Å². The molecular weight excluding hydrogens is 190 g/mol. The fraction of sp³-hybridized carbons (Fsp3) is 0.909. The van der Waals surface area contributed by atoms with Crippen molar-refractivity contribution in [3.05, 3.63) is 0 Å². The Hall–Kier alpha value is -0.630. The van der Waals surface area contributed by atoms with Crippen LogP contribution in [0.25, 0.3) is 0 Å². The van der Waals surface area contributed by atoms with Crippen molar-refractivity contribution in [1.29, 1.82) is 5.26 Å². The van der Waals surface area contributed by atoms with E-state index in [2.05, 4.69) is 23.2 Å². The molecule has 0 heterocycles. The summed E-state index contributed by atoms with van der Waals surface area (Å²) in [5, 5.41) is 11.7. The van der Waals surface area contributed by atoms with E-state index < -0.39 is 0 Å². The maximum absolute atomic E-state index is 8.56. The third-order valence-corrected chi connectivity index (χ3v) is 2.27. The van der Waals surface area contributed by atoms with Crippen LogP contribution < -0.4 is 5.32 Å². The van der Waals surface area contributed by atoms with Crippen LogP contribution >= 0.6 is 0 Å². The summed E-state index contributed by atoms with van der Waals surface area (Å²) in [5.41, 5.74) is 0. The summed E-state index contributed by atoms with van der Waals surface area (Å²) in [7, 11) is 3.67. The number of rotatable bonds is 9. The number of nitrogens with zero attached hydrogens (tertiary/aromatic N) is 2. The molecule has 0 aromatic carbocycles. The average Bonchev–Trinajstić information content (AvgIpc) is 2.22. The van der Waals surface area contributed by atoms with Gasteiger partial charge in [0.15, 0.2) is 0 Å². The van der Waals surface area contributed by atoms with Gasteiger partial charge in [-0.05, 0) is 19.5 Å². The van der Waals surface area contributed by atoms with Crippen LogP contribution in [0.15, 0.2) is 0 Å². The SMILES string of the molecule is CNCC(C)CN(CCC#N)CCOC. The molecule has 0 aromatic heterocycles. The number of hydrogen-bond donors (Lipinski definition) is 1. The van der Waals surface area contributed by atoms with Gasteiger partial charge in [-0.1, -0.05) is 6.92 Å². The molecule has 0 fully saturated rings. The monoisotopic (exact) mass is 213 g/mol. The van der Waals surface area contributed by atoms with E-state index in [1.54, 1.807) is 7.11 Å². The van der Waals surface area contributed by atoms with E-state index in [-0.39, 0.29) is 0 Å². The molecule has 15 heavy (non-hydrogen) atoms. The van der Waals surface area contributed by atoms with E-state index >= 15 is 0 Å². The number of nitrogens with one attached hydrogen (secondary N) is 1. The maximum atomic E-state index is 8.56. The molecule has 0 aliphatic carbocycles. The Morgan fingerprint density at radius 2 is 2.20 bits per heavy atom. The lowest BCUT2D eigenvalue weighted by molar-refractivity contribution is 0.139. The molecule has 0 rings (SSSR count). The molecule has 0 saturated carbocycles. The third kappa shape index (κ3) is 8.37. The van der Waals surface area contributed by atoms with Crippen molar-refractivity contribution >= 4 is 0 Å². The minimum Gasteiger partial charge on any atom is -0.383 e. The fourth-order valence-electron chi connectivity index (χ4n) is 1.58. The van der Waals surface area contributed by atoms with Gasteiger partial charge in [0.25, 0.3) is 0 Å². The van der Waals surface area contributed by atoms with Crippen molar-refractivity contribution < 1.29 is 4.74 Å². The Labute approximate surface area is 93.2 Å². The van der Waals surface area contributed by atoms with Crippen LogP contribution in [0, 0.1) is 17.2 Å². The lowest BCUT2D eigenvalue weighted by atomic mass is 10.1. The highest BCUT2D eigenvalue weighted by Crippen LogP contribution is 2.00. The second-order valence-electron chi connectivity index (χ2n) is 3.86. The summed E-state index contributed by atoms with van der Waals surface area (Å²) in [4.78, 5) is 2.29. The Kier molecular flexibility index (Phi) is 9.49. The summed E-state index contributed by atoms with van der Waals surface area (Å²) in [5.74, 6) is 0.602. The summed E-state index contributed by atoms with van der Waals surface area (Å²) < 4.78 is 5.05. The molecule has 0 aliphatic heterocycles. The largest absolute Gasteiger partial charge is 0.383 e. The lowest BCUT2D eigenvalue weighted by Crippen LogP contribution is -2.35.